The predicted octanol–water partition coefficient (Wildman–Crippen LogP) is 2.69. The molecule has 1 aliphatic heterocycles. The normalized spacial score (nSPS) is 20.8. The minimum Gasteiger partial charge on any atom is -0.383 e. The summed E-state index contributed by atoms with van der Waals surface area (Å²) in [5.74, 6) is 1.54. The van der Waals surface area contributed by atoms with Crippen molar-refractivity contribution in [3.8, 4) is 0 Å². The topological polar surface area (TPSA) is 52.3 Å². The van der Waals surface area contributed by atoms with Gasteiger partial charge < -0.3 is 18.8 Å². The Morgan fingerprint density at radius 2 is 2.20 bits per heavy atom. The Morgan fingerprint density at radius 3 is 3.00 bits per heavy atom. The van der Waals surface area contributed by atoms with Crippen LogP contribution < -0.4 is 0 Å². The van der Waals surface area contributed by atoms with Crippen LogP contribution in [0.2, 0.25) is 0 Å². The number of imidazole rings is 1. The van der Waals surface area contributed by atoms with Crippen molar-refractivity contribution < 1.29 is 9.53 Å². The summed E-state index contributed by atoms with van der Waals surface area (Å²) in [7, 11) is 1.71. The van der Waals surface area contributed by atoms with Gasteiger partial charge in [0.2, 0.25) is 0 Å². The van der Waals surface area contributed by atoms with Gasteiger partial charge in [0.15, 0.2) is 0 Å². The monoisotopic (exact) mass is 342 g/mol. The third-order valence-electron chi connectivity index (χ3n) is 5.30. The van der Waals surface area contributed by atoms with E-state index in [1.165, 1.54) is 12.8 Å². The molecule has 2 aromatic rings. The Hall–Kier alpha value is -2.08. The number of carbonyl (C=O) groups excluding carboxylic acids is 1. The largest absolute Gasteiger partial charge is 0.383 e. The Morgan fingerprint density at radius 1 is 1.32 bits per heavy atom. The summed E-state index contributed by atoms with van der Waals surface area (Å²) >= 11 is 0. The van der Waals surface area contributed by atoms with E-state index in [-0.39, 0.29) is 5.91 Å². The number of hydrogen-bond acceptors (Lipinski definition) is 3. The molecular weight excluding hydrogens is 316 g/mol. The second-order valence-corrected chi connectivity index (χ2v) is 7.09. The molecule has 0 radical (unpaired) electrons. The van der Waals surface area contributed by atoms with Gasteiger partial charge >= 0.3 is 0 Å². The molecule has 0 unspecified atom stereocenters. The molecule has 4 rings (SSSR count). The lowest BCUT2D eigenvalue weighted by molar-refractivity contribution is 0.0691. The van der Waals surface area contributed by atoms with Crippen molar-refractivity contribution in [3.05, 3.63) is 42.2 Å². The average molecular weight is 342 g/mol. The Bertz CT molecular complexity index is 731. The van der Waals surface area contributed by atoms with E-state index >= 15 is 0 Å². The number of piperidine rings is 1. The summed E-state index contributed by atoms with van der Waals surface area (Å²) in [6, 6.07) is 4.48. The summed E-state index contributed by atoms with van der Waals surface area (Å²) in [4.78, 5) is 19.6. The molecule has 2 aromatic heterocycles. The molecule has 1 saturated heterocycles. The first-order chi connectivity index (χ1) is 12.3. The number of hydrogen-bond donors (Lipinski definition) is 0. The van der Waals surface area contributed by atoms with Crippen LogP contribution in [0.5, 0.6) is 0 Å². The van der Waals surface area contributed by atoms with Gasteiger partial charge in [0.1, 0.15) is 11.5 Å². The van der Waals surface area contributed by atoms with Crippen LogP contribution in [-0.4, -0.2) is 51.7 Å². The molecule has 0 N–H and O–H groups in total. The van der Waals surface area contributed by atoms with Crippen LogP contribution >= 0.6 is 0 Å². The number of nitrogens with zero attached hydrogens (tertiary/aromatic N) is 4. The van der Waals surface area contributed by atoms with Crippen LogP contribution in [0.25, 0.3) is 0 Å². The van der Waals surface area contributed by atoms with Crippen LogP contribution in [0.3, 0.4) is 0 Å². The van der Waals surface area contributed by atoms with Crippen LogP contribution in [0.4, 0.5) is 0 Å². The zero-order valence-corrected chi connectivity index (χ0v) is 14.8. The predicted molar refractivity (Wildman–Crippen MR) is 94.7 cm³/mol. The standard InChI is InChI=1S/C19H26N4O2/c1-25-13-12-21-11-8-20-18(21)15-4-2-9-22(14-15)19(24)17-5-3-10-23(17)16-6-7-16/h3,5,8,10-11,15-16H,2,4,6-7,9,12-14H2,1H3/t15-/m1/s1. The van der Waals surface area contributed by atoms with E-state index in [1.807, 2.05) is 35.6 Å². The lowest BCUT2D eigenvalue weighted by Crippen LogP contribution is -2.40. The van der Waals surface area contributed by atoms with Gasteiger partial charge in [-0.05, 0) is 37.8 Å². The Kier molecular flexibility index (Phi) is 4.61. The fourth-order valence-corrected chi connectivity index (χ4v) is 3.84. The van der Waals surface area contributed by atoms with Crippen molar-refractivity contribution >= 4 is 5.91 Å². The van der Waals surface area contributed by atoms with Gasteiger partial charge in [0, 0.05) is 57.3 Å². The second-order valence-electron chi connectivity index (χ2n) is 7.09. The number of likely N-dealkylation sites (tertiary alicyclic amines) is 1. The molecule has 25 heavy (non-hydrogen) atoms. The molecule has 1 saturated carbocycles. The second kappa shape index (κ2) is 7.04. The highest BCUT2D eigenvalue weighted by Gasteiger charge is 2.31. The quantitative estimate of drug-likeness (QED) is 0.811. The van der Waals surface area contributed by atoms with Crippen molar-refractivity contribution in [2.75, 3.05) is 26.8 Å². The molecule has 1 atom stereocenters. The first-order valence-electron chi connectivity index (χ1n) is 9.24. The van der Waals surface area contributed by atoms with Gasteiger partial charge in [-0.2, -0.15) is 0 Å². The fraction of sp³-hybridized carbons (Fsp3) is 0.579. The summed E-state index contributed by atoms with van der Waals surface area (Å²) < 4.78 is 9.51. The molecule has 6 nitrogen and oxygen atoms in total. The molecule has 2 fully saturated rings. The Balaban J connectivity index is 1.48. The number of methoxy groups -OCH3 is 1. The zero-order valence-electron chi connectivity index (χ0n) is 14.8. The van der Waals surface area contributed by atoms with E-state index in [1.54, 1.807) is 7.11 Å². The third-order valence-corrected chi connectivity index (χ3v) is 5.30. The van der Waals surface area contributed by atoms with Crippen LogP contribution in [-0.2, 0) is 11.3 Å². The van der Waals surface area contributed by atoms with E-state index < -0.39 is 0 Å². The summed E-state index contributed by atoms with van der Waals surface area (Å²) in [6.07, 6.45) is 10.4. The third kappa shape index (κ3) is 3.35. The number of rotatable bonds is 6. The SMILES string of the molecule is COCCn1ccnc1[C@@H]1CCCN(C(=O)c2cccn2C2CC2)C1. The lowest BCUT2D eigenvalue weighted by atomic mass is 9.96. The molecule has 1 amide bonds. The molecule has 0 aromatic carbocycles. The molecule has 2 aliphatic rings. The maximum absolute atomic E-state index is 13.0. The van der Waals surface area contributed by atoms with E-state index in [9.17, 15) is 4.79 Å². The minimum atomic E-state index is 0.164. The molecule has 0 spiro atoms. The summed E-state index contributed by atoms with van der Waals surface area (Å²) in [5, 5.41) is 0. The number of ether oxygens (including phenoxy) is 1. The molecule has 1 aliphatic carbocycles. The van der Waals surface area contributed by atoms with E-state index in [4.69, 9.17) is 4.74 Å². The highest BCUT2D eigenvalue weighted by atomic mass is 16.5. The van der Waals surface area contributed by atoms with Gasteiger partial charge in [-0.25, -0.2) is 4.98 Å². The van der Waals surface area contributed by atoms with Crippen molar-refractivity contribution in [1.82, 2.24) is 19.0 Å². The molecular formula is C19H26N4O2. The molecule has 3 heterocycles. The van der Waals surface area contributed by atoms with Crippen LogP contribution in [0.1, 0.15) is 54.0 Å². The van der Waals surface area contributed by atoms with Gasteiger partial charge in [0.25, 0.3) is 5.91 Å². The zero-order chi connectivity index (χ0) is 17.2. The number of carbonyl (C=O) groups is 1. The first kappa shape index (κ1) is 16.4. The van der Waals surface area contributed by atoms with E-state index in [2.05, 4.69) is 14.1 Å². The van der Waals surface area contributed by atoms with Crippen molar-refractivity contribution in [1.29, 1.82) is 0 Å². The number of amides is 1. The average Bonchev–Trinajstić information content (AvgIpc) is 3.19. The smallest absolute Gasteiger partial charge is 0.270 e. The van der Waals surface area contributed by atoms with Gasteiger partial charge in [-0.1, -0.05) is 0 Å². The Labute approximate surface area is 148 Å². The maximum atomic E-state index is 13.0. The highest BCUT2D eigenvalue weighted by molar-refractivity contribution is 5.93. The summed E-state index contributed by atoms with van der Waals surface area (Å²) in [5.41, 5.74) is 0.839. The van der Waals surface area contributed by atoms with E-state index in [0.29, 0.717) is 18.6 Å². The fourth-order valence-electron chi connectivity index (χ4n) is 3.84. The van der Waals surface area contributed by atoms with Crippen molar-refractivity contribution in [2.24, 2.45) is 0 Å². The molecule has 134 valence electrons. The van der Waals surface area contributed by atoms with Gasteiger partial charge in [-0.3, -0.25) is 4.79 Å². The van der Waals surface area contributed by atoms with E-state index in [0.717, 1.165) is 44.0 Å². The molecule has 6 heteroatoms. The van der Waals surface area contributed by atoms with Crippen LogP contribution in [0.15, 0.2) is 30.7 Å². The maximum Gasteiger partial charge on any atom is 0.270 e. The minimum absolute atomic E-state index is 0.164. The van der Waals surface area contributed by atoms with Crippen molar-refractivity contribution in [3.63, 3.8) is 0 Å². The van der Waals surface area contributed by atoms with Crippen LogP contribution in [0, 0.1) is 0 Å². The van der Waals surface area contributed by atoms with Crippen molar-refractivity contribution in [2.45, 2.75) is 44.2 Å². The lowest BCUT2D eigenvalue weighted by Gasteiger charge is -2.33. The highest BCUT2D eigenvalue weighted by Crippen LogP contribution is 2.36. The van der Waals surface area contributed by atoms with Gasteiger partial charge in [0.05, 0.1) is 6.61 Å². The molecule has 0 bridgehead atoms. The first-order valence-corrected chi connectivity index (χ1v) is 9.24. The number of aromatic nitrogens is 3. The summed E-state index contributed by atoms with van der Waals surface area (Å²) in [6.45, 7) is 3.07. The van der Waals surface area contributed by atoms with Gasteiger partial charge in [-0.15, -0.1) is 0 Å².